The molecule has 0 saturated carbocycles. The van der Waals surface area contributed by atoms with Gasteiger partial charge in [0.15, 0.2) is 0 Å². The van der Waals surface area contributed by atoms with Crippen LogP contribution in [-0.4, -0.2) is 101 Å². The van der Waals surface area contributed by atoms with Crippen LogP contribution >= 0.6 is 0 Å². The Morgan fingerprint density at radius 1 is 0.600 bits per heavy atom. The molecule has 0 saturated heterocycles. The molecule has 0 aromatic rings. The Morgan fingerprint density at radius 2 is 0.982 bits per heavy atom. The van der Waals surface area contributed by atoms with Crippen molar-refractivity contribution in [3.8, 4) is 0 Å². The molecule has 0 unspecified atom stereocenters. The molecule has 0 bridgehead atoms. The van der Waals surface area contributed by atoms with Gasteiger partial charge in [0.1, 0.15) is 28.8 Å². The molecule has 7 N–H and O–H groups in total. The Labute approximate surface area is 329 Å². The number of nitrogens with one attached hydrogen (secondary N) is 6. The van der Waals surface area contributed by atoms with Crippen LogP contribution in [0.1, 0.15) is 142 Å². The third-order valence-corrected chi connectivity index (χ3v) is 7.73. The number of carbonyl (C=O) groups is 7. The van der Waals surface area contributed by atoms with Gasteiger partial charge in [0.05, 0.1) is 6.61 Å². The van der Waals surface area contributed by atoms with E-state index in [0.29, 0.717) is 19.3 Å². The first-order chi connectivity index (χ1) is 25.1. The number of alkyl carbamates (subject to hydrolysis) is 1. The molecule has 4 atom stereocenters. The Kier molecular flexibility index (Phi) is 24.4. The van der Waals surface area contributed by atoms with Crippen LogP contribution in [-0.2, 0) is 38.2 Å². The van der Waals surface area contributed by atoms with E-state index in [1.165, 1.54) is 0 Å². The summed E-state index contributed by atoms with van der Waals surface area (Å²) < 4.78 is 10.2. The molecule has 55 heavy (non-hydrogen) atoms. The van der Waals surface area contributed by atoms with Crippen molar-refractivity contribution >= 4 is 41.6 Å². The van der Waals surface area contributed by atoms with Crippen molar-refractivity contribution in [1.29, 1.82) is 0 Å². The lowest BCUT2D eigenvalue weighted by Crippen LogP contribution is -2.60. The molecular formula is C39H74N6O10. The van der Waals surface area contributed by atoms with Crippen molar-refractivity contribution in [2.24, 2.45) is 11.8 Å². The zero-order valence-corrected chi connectivity index (χ0v) is 36.2. The highest BCUT2D eigenvalue weighted by Crippen LogP contribution is 2.14. The third kappa shape index (κ3) is 25.0. The highest BCUT2D eigenvalue weighted by Gasteiger charge is 2.36. The molecule has 0 aromatic heterocycles. The van der Waals surface area contributed by atoms with Crippen LogP contribution in [0, 0.1) is 11.8 Å². The van der Waals surface area contributed by atoms with Gasteiger partial charge in [-0.15, -0.1) is 0 Å². The van der Waals surface area contributed by atoms with Crippen LogP contribution in [0.25, 0.3) is 0 Å². The van der Waals surface area contributed by atoms with Crippen LogP contribution in [0.3, 0.4) is 0 Å². The number of amides is 6. The average Bonchev–Trinajstić information content (AvgIpc) is 3.00. The molecule has 6 amide bonds. The summed E-state index contributed by atoms with van der Waals surface area (Å²) in [6.07, 6.45) is 0.671. The summed E-state index contributed by atoms with van der Waals surface area (Å²) in [7, 11) is 0. The number of esters is 1. The lowest BCUT2D eigenvalue weighted by atomic mass is 9.98. The fourth-order valence-electron chi connectivity index (χ4n) is 4.89. The van der Waals surface area contributed by atoms with E-state index >= 15 is 0 Å². The number of carbonyl (C=O) groups excluding carboxylic acids is 7. The minimum absolute atomic E-state index is 0.00571. The predicted molar refractivity (Wildman–Crippen MR) is 212 cm³/mol. The predicted octanol–water partition coefficient (Wildman–Crippen LogP) is 3.38. The Hall–Kier alpha value is -3.95. The van der Waals surface area contributed by atoms with Crippen LogP contribution in [0.15, 0.2) is 0 Å². The number of hydrogen-bond acceptors (Lipinski definition) is 10. The number of hydrogen-bond donors (Lipinski definition) is 7. The quantitative estimate of drug-likeness (QED) is 0.0839. The Bertz CT molecular complexity index is 1250. The van der Waals surface area contributed by atoms with Gasteiger partial charge < -0.3 is 46.5 Å². The van der Waals surface area contributed by atoms with E-state index in [2.05, 4.69) is 31.9 Å². The Balaban J connectivity index is 0. The first-order valence-corrected chi connectivity index (χ1v) is 19.4. The number of rotatable bonds is 21. The molecule has 16 nitrogen and oxygen atoms in total. The van der Waals surface area contributed by atoms with Crippen LogP contribution in [0.2, 0.25) is 0 Å². The summed E-state index contributed by atoms with van der Waals surface area (Å²) in [5.41, 5.74) is -3.41. The second kappa shape index (κ2) is 25.3. The summed E-state index contributed by atoms with van der Waals surface area (Å²) in [6, 6.07) is -2.64. The first kappa shape index (κ1) is 53.2. The van der Waals surface area contributed by atoms with Crippen LogP contribution in [0.5, 0.6) is 0 Å². The molecular weight excluding hydrogens is 712 g/mol. The van der Waals surface area contributed by atoms with E-state index < -0.39 is 70.4 Å². The van der Waals surface area contributed by atoms with Gasteiger partial charge in [-0.25, -0.2) is 4.79 Å². The molecule has 0 aromatic carbocycles. The number of ether oxygens (including phenoxy) is 2. The fraction of sp³-hybridized carbons (Fsp3) is 0.821. The SMILES string of the molecule is CCO.CCOC(=O)CC[C@H](C)NC(=O)C(C)(C)NC(=O)[C@H](CC(C)C)NC(=O)CC[C@H](C)NC(=O)C(C)(C)NC(=O)[C@H](CC(C)C)NC(=O)OC(C)(C)C. The Morgan fingerprint density at radius 3 is 1.35 bits per heavy atom. The molecule has 0 heterocycles. The van der Waals surface area contributed by atoms with E-state index in [0.717, 1.165) is 0 Å². The molecule has 0 fully saturated rings. The third-order valence-electron chi connectivity index (χ3n) is 7.73. The molecule has 0 aliphatic heterocycles. The molecule has 320 valence electrons. The summed E-state index contributed by atoms with van der Waals surface area (Å²) in [4.78, 5) is 89.8. The van der Waals surface area contributed by atoms with Crippen LogP contribution in [0.4, 0.5) is 4.79 Å². The van der Waals surface area contributed by atoms with Crippen molar-refractivity contribution in [2.75, 3.05) is 13.2 Å². The maximum Gasteiger partial charge on any atom is 0.408 e. The molecule has 0 aliphatic carbocycles. The molecule has 0 radical (unpaired) electrons. The van der Waals surface area contributed by atoms with E-state index in [1.807, 2.05) is 27.7 Å². The summed E-state index contributed by atoms with van der Waals surface area (Å²) in [5, 5.41) is 24.0. The number of aliphatic hydroxyl groups excluding tert-OH is 1. The smallest absolute Gasteiger partial charge is 0.408 e. The van der Waals surface area contributed by atoms with Gasteiger partial charge in [-0.3, -0.25) is 28.8 Å². The van der Waals surface area contributed by atoms with E-state index in [9.17, 15) is 33.6 Å². The second-order valence-corrected chi connectivity index (χ2v) is 16.8. The molecule has 16 heteroatoms. The standard InChI is InChI=1S/C37H68N6O9.C2H6O/c1-15-51-29(45)19-17-25(7)39-33(49)36(11,12)42-30(46)26(20-22(2)3)40-28(44)18-16-24(6)38-32(48)37(13,14)43-31(47)27(21-23(4)5)41-34(50)52-35(8,9)10;1-2-3/h22-27H,15-21H2,1-14H3,(H,38,48)(H,39,49)(H,40,44)(H,41,50)(H,42,46)(H,43,47);3H,2H2,1H3/t24-,25-,26-,27-;/m0./s1. The normalized spacial score (nSPS) is 13.9. The molecule has 0 spiro atoms. The van der Waals surface area contributed by atoms with Gasteiger partial charge in [-0.2, -0.15) is 0 Å². The van der Waals surface area contributed by atoms with Gasteiger partial charge in [-0.1, -0.05) is 27.7 Å². The van der Waals surface area contributed by atoms with E-state index in [4.69, 9.17) is 14.6 Å². The zero-order valence-electron chi connectivity index (χ0n) is 36.2. The van der Waals surface area contributed by atoms with Crippen molar-refractivity contribution < 1.29 is 48.1 Å². The summed E-state index contributed by atoms with van der Waals surface area (Å²) >= 11 is 0. The zero-order chi connectivity index (χ0) is 43.3. The van der Waals surface area contributed by atoms with Crippen molar-refractivity contribution in [2.45, 2.75) is 183 Å². The maximum atomic E-state index is 13.3. The van der Waals surface area contributed by atoms with Gasteiger partial charge in [0.2, 0.25) is 29.5 Å². The summed E-state index contributed by atoms with van der Waals surface area (Å²) in [5.74, 6) is -2.63. The van der Waals surface area contributed by atoms with Gasteiger partial charge in [0, 0.05) is 31.5 Å². The second-order valence-electron chi connectivity index (χ2n) is 16.8. The van der Waals surface area contributed by atoms with Gasteiger partial charge in [0.25, 0.3) is 0 Å². The van der Waals surface area contributed by atoms with Crippen LogP contribution < -0.4 is 31.9 Å². The molecule has 0 aliphatic rings. The largest absolute Gasteiger partial charge is 0.466 e. The van der Waals surface area contributed by atoms with E-state index in [-0.39, 0.29) is 56.3 Å². The minimum atomic E-state index is -1.35. The van der Waals surface area contributed by atoms with Crippen molar-refractivity contribution in [1.82, 2.24) is 31.9 Å². The monoisotopic (exact) mass is 787 g/mol. The van der Waals surface area contributed by atoms with Gasteiger partial charge >= 0.3 is 12.1 Å². The first-order valence-electron chi connectivity index (χ1n) is 19.4. The van der Waals surface area contributed by atoms with E-state index in [1.54, 1.807) is 76.2 Å². The summed E-state index contributed by atoms with van der Waals surface area (Å²) in [6.45, 7) is 26.4. The van der Waals surface area contributed by atoms with Gasteiger partial charge in [-0.05, 0) is 114 Å². The fourth-order valence-corrected chi connectivity index (χ4v) is 4.89. The topological polar surface area (TPSA) is 230 Å². The lowest BCUT2D eigenvalue weighted by molar-refractivity contribution is -0.143. The average molecular weight is 787 g/mol. The highest BCUT2D eigenvalue weighted by molar-refractivity contribution is 5.95. The van der Waals surface area contributed by atoms with Crippen molar-refractivity contribution in [3.05, 3.63) is 0 Å². The lowest BCUT2D eigenvalue weighted by Gasteiger charge is -2.30. The van der Waals surface area contributed by atoms with Crippen molar-refractivity contribution in [3.63, 3.8) is 0 Å². The highest BCUT2D eigenvalue weighted by atomic mass is 16.6. The maximum absolute atomic E-state index is 13.3. The molecule has 0 rings (SSSR count). The number of aliphatic hydroxyl groups is 1. The minimum Gasteiger partial charge on any atom is -0.466 e.